The van der Waals surface area contributed by atoms with E-state index in [0.29, 0.717) is 4.88 Å². The van der Waals surface area contributed by atoms with E-state index < -0.39 is 23.8 Å². The summed E-state index contributed by atoms with van der Waals surface area (Å²) >= 11 is 4.33. The van der Waals surface area contributed by atoms with Crippen LogP contribution < -0.4 is 16.8 Å². The molecule has 0 bridgehead atoms. The topological polar surface area (TPSA) is 115 Å². The first kappa shape index (κ1) is 12.7. The number of carbonyl (C=O) groups excluding carboxylic acids is 3. The van der Waals surface area contributed by atoms with Gasteiger partial charge in [-0.2, -0.15) is 0 Å². The molecule has 1 rings (SSSR count). The molecule has 0 spiro atoms. The van der Waals surface area contributed by atoms with Crippen LogP contribution in [0.25, 0.3) is 0 Å². The molecule has 0 aliphatic heterocycles. The second kappa shape index (κ2) is 5.08. The van der Waals surface area contributed by atoms with Crippen LogP contribution in [0.4, 0.5) is 0 Å². The molecule has 0 aliphatic rings. The second-order valence-electron chi connectivity index (χ2n) is 2.84. The molecule has 16 heavy (non-hydrogen) atoms. The van der Waals surface area contributed by atoms with Crippen molar-refractivity contribution in [2.45, 2.75) is 6.04 Å². The minimum Gasteiger partial charge on any atom is -0.367 e. The van der Waals surface area contributed by atoms with Gasteiger partial charge in [-0.3, -0.25) is 14.4 Å². The first-order chi connectivity index (χ1) is 7.41. The molecule has 1 aromatic rings. The highest BCUT2D eigenvalue weighted by atomic mass is 79.9. The van der Waals surface area contributed by atoms with Gasteiger partial charge >= 0.3 is 0 Å². The van der Waals surface area contributed by atoms with E-state index in [1.807, 2.05) is 0 Å². The zero-order valence-electron chi connectivity index (χ0n) is 7.90. The van der Waals surface area contributed by atoms with E-state index in [0.717, 1.165) is 15.8 Å². The number of rotatable bonds is 4. The third kappa shape index (κ3) is 3.04. The van der Waals surface area contributed by atoms with Gasteiger partial charge in [-0.25, -0.2) is 0 Å². The van der Waals surface area contributed by atoms with Crippen molar-refractivity contribution in [1.82, 2.24) is 5.32 Å². The number of amides is 3. The van der Waals surface area contributed by atoms with Crippen molar-refractivity contribution in [3.63, 3.8) is 0 Å². The Hall–Kier alpha value is -1.41. The number of halogens is 1. The van der Waals surface area contributed by atoms with Crippen molar-refractivity contribution in [2.24, 2.45) is 11.5 Å². The number of thiophene rings is 1. The third-order valence-corrected chi connectivity index (χ3v) is 3.33. The Morgan fingerprint density at radius 2 is 1.88 bits per heavy atom. The Kier molecular flexibility index (Phi) is 4.02. The van der Waals surface area contributed by atoms with Crippen LogP contribution in [0.3, 0.4) is 0 Å². The van der Waals surface area contributed by atoms with Crippen molar-refractivity contribution >= 4 is 45.0 Å². The fraction of sp³-hybridized carbons (Fsp3) is 0.125. The molecule has 1 heterocycles. The number of carbonyl (C=O) groups is 3. The molecule has 0 saturated carbocycles. The lowest BCUT2D eigenvalue weighted by atomic mass is 10.2. The normalized spacial score (nSPS) is 10.1. The predicted molar refractivity (Wildman–Crippen MR) is 61.7 cm³/mol. The molecular formula is C8H8BrN3O3S. The molecule has 3 amide bonds. The van der Waals surface area contributed by atoms with Gasteiger partial charge in [0.2, 0.25) is 11.8 Å². The van der Waals surface area contributed by atoms with Crippen LogP contribution >= 0.6 is 27.3 Å². The molecule has 86 valence electrons. The minimum absolute atomic E-state index is 0.347. The SMILES string of the molecule is NC(=O)C(NC(=O)c1cc(Br)cs1)C(N)=O. The number of hydrogen-bond donors (Lipinski definition) is 3. The summed E-state index contributed by atoms with van der Waals surface area (Å²) in [5.41, 5.74) is 9.82. The first-order valence-electron chi connectivity index (χ1n) is 4.05. The maximum absolute atomic E-state index is 11.5. The van der Waals surface area contributed by atoms with Crippen molar-refractivity contribution in [3.05, 3.63) is 20.8 Å². The van der Waals surface area contributed by atoms with Crippen molar-refractivity contribution in [2.75, 3.05) is 0 Å². The monoisotopic (exact) mass is 305 g/mol. The highest BCUT2D eigenvalue weighted by Crippen LogP contribution is 2.19. The van der Waals surface area contributed by atoms with Gasteiger partial charge in [0.25, 0.3) is 5.91 Å². The Balaban J connectivity index is 2.77. The Morgan fingerprint density at radius 3 is 2.25 bits per heavy atom. The molecule has 1 aromatic heterocycles. The highest BCUT2D eigenvalue weighted by molar-refractivity contribution is 9.10. The van der Waals surface area contributed by atoms with Crippen molar-refractivity contribution in [1.29, 1.82) is 0 Å². The lowest BCUT2D eigenvalue weighted by Crippen LogP contribution is -2.52. The van der Waals surface area contributed by atoms with Crippen LogP contribution in [-0.2, 0) is 9.59 Å². The van der Waals surface area contributed by atoms with Crippen LogP contribution in [0.1, 0.15) is 9.67 Å². The van der Waals surface area contributed by atoms with E-state index in [9.17, 15) is 14.4 Å². The number of primary amides is 2. The molecule has 0 unspecified atom stereocenters. The van der Waals surface area contributed by atoms with Crippen LogP contribution in [0.5, 0.6) is 0 Å². The average Bonchev–Trinajstić information content (AvgIpc) is 2.59. The number of nitrogens with two attached hydrogens (primary N) is 2. The van der Waals surface area contributed by atoms with E-state index in [2.05, 4.69) is 21.2 Å². The molecular weight excluding hydrogens is 298 g/mol. The lowest BCUT2D eigenvalue weighted by molar-refractivity contribution is -0.128. The maximum Gasteiger partial charge on any atom is 0.262 e. The summed E-state index contributed by atoms with van der Waals surface area (Å²) < 4.78 is 0.734. The Bertz CT molecular complexity index is 431. The van der Waals surface area contributed by atoms with Gasteiger partial charge in [0.1, 0.15) is 0 Å². The molecule has 0 saturated heterocycles. The lowest BCUT2D eigenvalue weighted by Gasteiger charge is -2.10. The number of hydrogen-bond acceptors (Lipinski definition) is 4. The van der Waals surface area contributed by atoms with E-state index in [4.69, 9.17) is 11.5 Å². The molecule has 0 aromatic carbocycles. The van der Waals surface area contributed by atoms with E-state index >= 15 is 0 Å². The molecule has 6 nitrogen and oxygen atoms in total. The molecule has 5 N–H and O–H groups in total. The summed E-state index contributed by atoms with van der Waals surface area (Å²) in [6.07, 6.45) is 0. The highest BCUT2D eigenvalue weighted by Gasteiger charge is 2.24. The Labute approximate surface area is 103 Å². The van der Waals surface area contributed by atoms with Crippen LogP contribution in [0.2, 0.25) is 0 Å². The number of nitrogens with one attached hydrogen (secondary N) is 1. The van der Waals surface area contributed by atoms with Crippen LogP contribution in [-0.4, -0.2) is 23.8 Å². The van der Waals surface area contributed by atoms with Crippen molar-refractivity contribution in [3.8, 4) is 0 Å². The van der Waals surface area contributed by atoms with Gasteiger partial charge in [0, 0.05) is 9.85 Å². The second-order valence-corrected chi connectivity index (χ2v) is 4.67. The van der Waals surface area contributed by atoms with Gasteiger partial charge in [0.15, 0.2) is 6.04 Å². The van der Waals surface area contributed by atoms with Gasteiger partial charge < -0.3 is 16.8 Å². The summed E-state index contributed by atoms with van der Waals surface area (Å²) in [5.74, 6) is -2.55. The van der Waals surface area contributed by atoms with Crippen LogP contribution in [0.15, 0.2) is 15.9 Å². The quantitative estimate of drug-likeness (QED) is 0.656. The smallest absolute Gasteiger partial charge is 0.262 e. The molecule has 0 fully saturated rings. The molecule has 0 radical (unpaired) electrons. The molecule has 0 atom stereocenters. The average molecular weight is 306 g/mol. The predicted octanol–water partition coefficient (Wildman–Crippen LogP) is -0.420. The van der Waals surface area contributed by atoms with E-state index in [1.54, 1.807) is 11.4 Å². The zero-order chi connectivity index (χ0) is 12.3. The van der Waals surface area contributed by atoms with Crippen LogP contribution in [0, 0.1) is 0 Å². The van der Waals surface area contributed by atoms with Gasteiger partial charge in [-0.15, -0.1) is 11.3 Å². The standard InChI is InChI=1S/C8H8BrN3O3S/c9-3-1-4(16-2-3)8(15)12-5(6(10)13)7(11)14/h1-2,5H,(H2,10,13)(H2,11,14)(H,12,15). The third-order valence-electron chi connectivity index (χ3n) is 1.64. The van der Waals surface area contributed by atoms with Gasteiger partial charge in [-0.05, 0) is 22.0 Å². The zero-order valence-corrected chi connectivity index (χ0v) is 10.3. The van der Waals surface area contributed by atoms with Gasteiger partial charge in [0.05, 0.1) is 4.88 Å². The fourth-order valence-electron chi connectivity index (χ4n) is 0.917. The maximum atomic E-state index is 11.5. The molecule has 8 heteroatoms. The largest absolute Gasteiger partial charge is 0.367 e. The molecule has 0 aliphatic carbocycles. The summed E-state index contributed by atoms with van der Waals surface area (Å²) in [7, 11) is 0. The summed E-state index contributed by atoms with van der Waals surface area (Å²) in [4.78, 5) is 33.5. The first-order valence-corrected chi connectivity index (χ1v) is 5.72. The summed E-state index contributed by atoms with van der Waals surface area (Å²) in [6, 6.07) is 0.0624. The summed E-state index contributed by atoms with van der Waals surface area (Å²) in [5, 5.41) is 3.84. The fourth-order valence-corrected chi connectivity index (χ4v) is 2.25. The Morgan fingerprint density at radius 1 is 1.31 bits per heavy atom. The minimum atomic E-state index is -1.49. The van der Waals surface area contributed by atoms with E-state index in [-0.39, 0.29) is 0 Å². The summed E-state index contributed by atoms with van der Waals surface area (Å²) in [6.45, 7) is 0. The van der Waals surface area contributed by atoms with E-state index in [1.165, 1.54) is 0 Å². The van der Waals surface area contributed by atoms with Gasteiger partial charge in [-0.1, -0.05) is 0 Å². The van der Waals surface area contributed by atoms with Crippen molar-refractivity contribution < 1.29 is 14.4 Å².